The van der Waals surface area contributed by atoms with E-state index >= 15 is 0 Å². The van der Waals surface area contributed by atoms with E-state index < -0.39 is 0 Å². The number of aromatic amines is 1. The Morgan fingerprint density at radius 2 is 1.95 bits per heavy atom. The molecule has 2 N–H and O–H groups in total. The summed E-state index contributed by atoms with van der Waals surface area (Å²) >= 11 is 0. The van der Waals surface area contributed by atoms with Crippen LogP contribution in [0.25, 0.3) is 0 Å². The number of aliphatic hydroxyl groups is 1. The molecule has 0 aliphatic carbocycles. The summed E-state index contributed by atoms with van der Waals surface area (Å²) in [5.74, 6) is -0.303. The SMILES string of the molecule is CC(=O)c1c[nH]c(C(=O)N(C)C(CCO)c2ccccc2)c1. The monoisotopic (exact) mass is 300 g/mol. The van der Waals surface area contributed by atoms with Gasteiger partial charge in [0.25, 0.3) is 5.91 Å². The lowest BCUT2D eigenvalue weighted by atomic mass is 10.0. The number of rotatable bonds is 6. The van der Waals surface area contributed by atoms with Gasteiger partial charge in [-0.2, -0.15) is 0 Å². The van der Waals surface area contributed by atoms with Crippen LogP contribution in [0.1, 0.15) is 45.8 Å². The minimum absolute atomic E-state index is 0.0133. The van der Waals surface area contributed by atoms with Crippen molar-refractivity contribution in [3.63, 3.8) is 0 Å². The normalized spacial score (nSPS) is 12.0. The van der Waals surface area contributed by atoms with Gasteiger partial charge in [-0.15, -0.1) is 0 Å². The lowest BCUT2D eigenvalue weighted by Crippen LogP contribution is -2.32. The van der Waals surface area contributed by atoms with Crippen molar-refractivity contribution in [2.24, 2.45) is 0 Å². The third-order valence-corrected chi connectivity index (χ3v) is 3.69. The van der Waals surface area contributed by atoms with E-state index in [1.54, 1.807) is 18.0 Å². The summed E-state index contributed by atoms with van der Waals surface area (Å²) in [5, 5.41) is 9.29. The maximum Gasteiger partial charge on any atom is 0.270 e. The molecule has 116 valence electrons. The van der Waals surface area contributed by atoms with Gasteiger partial charge in [-0.25, -0.2) is 0 Å². The summed E-state index contributed by atoms with van der Waals surface area (Å²) < 4.78 is 0. The van der Waals surface area contributed by atoms with Crippen LogP contribution >= 0.6 is 0 Å². The van der Waals surface area contributed by atoms with E-state index in [1.165, 1.54) is 13.1 Å². The zero-order valence-corrected chi connectivity index (χ0v) is 12.7. The number of amides is 1. The fourth-order valence-corrected chi connectivity index (χ4v) is 2.43. The second-order valence-electron chi connectivity index (χ2n) is 5.21. The third kappa shape index (κ3) is 3.43. The van der Waals surface area contributed by atoms with E-state index in [1.807, 2.05) is 30.3 Å². The molecule has 1 aromatic carbocycles. The number of nitrogens with zero attached hydrogens (tertiary/aromatic N) is 1. The lowest BCUT2D eigenvalue weighted by Gasteiger charge is -2.28. The number of carbonyl (C=O) groups excluding carboxylic acids is 2. The van der Waals surface area contributed by atoms with Gasteiger partial charge in [0.1, 0.15) is 5.69 Å². The summed E-state index contributed by atoms with van der Waals surface area (Å²) in [4.78, 5) is 28.3. The van der Waals surface area contributed by atoms with Crippen molar-refractivity contribution in [3.8, 4) is 0 Å². The summed E-state index contributed by atoms with van der Waals surface area (Å²) in [6.45, 7) is 1.44. The number of hydrogen-bond acceptors (Lipinski definition) is 3. The summed E-state index contributed by atoms with van der Waals surface area (Å²) in [6, 6.07) is 10.9. The van der Waals surface area contributed by atoms with E-state index in [9.17, 15) is 14.7 Å². The van der Waals surface area contributed by atoms with E-state index in [4.69, 9.17) is 0 Å². The van der Waals surface area contributed by atoms with E-state index in [-0.39, 0.29) is 24.3 Å². The highest BCUT2D eigenvalue weighted by molar-refractivity contribution is 5.99. The smallest absolute Gasteiger partial charge is 0.270 e. The second kappa shape index (κ2) is 7.04. The van der Waals surface area contributed by atoms with Gasteiger partial charge in [-0.1, -0.05) is 30.3 Å². The number of nitrogens with one attached hydrogen (secondary N) is 1. The van der Waals surface area contributed by atoms with Crippen LogP contribution in [-0.2, 0) is 0 Å². The minimum Gasteiger partial charge on any atom is -0.396 e. The lowest BCUT2D eigenvalue weighted by molar-refractivity contribution is 0.0700. The van der Waals surface area contributed by atoms with Crippen molar-refractivity contribution in [1.82, 2.24) is 9.88 Å². The van der Waals surface area contributed by atoms with E-state index in [2.05, 4.69) is 4.98 Å². The first-order chi connectivity index (χ1) is 10.5. The number of aliphatic hydroxyl groups excluding tert-OH is 1. The van der Waals surface area contributed by atoms with Gasteiger partial charge in [0.2, 0.25) is 0 Å². The number of benzene rings is 1. The molecule has 1 heterocycles. The van der Waals surface area contributed by atoms with Crippen LogP contribution in [-0.4, -0.2) is 40.3 Å². The highest BCUT2D eigenvalue weighted by Gasteiger charge is 2.23. The third-order valence-electron chi connectivity index (χ3n) is 3.69. The molecule has 1 unspecified atom stereocenters. The van der Waals surface area contributed by atoms with Gasteiger partial charge in [-0.05, 0) is 25.0 Å². The summed E-state index contributed by atoms with van der Waals surface area (Å²) in [6.07, 6.45) is 1.99. The molecule has 0 fully saturated rings. The Kier molecular flexibility index (Phi) is 5.12. The fraction of sp³-hybridized carbons (Fsp3) is 0.294. The minimum atomic E-state index is -0.220. The number of ketones is 1. The fourth-order valence-electron chi connectivity index (χ4n) is 2.43. The molecule has 0 saturated carbocycles. The Morgan fingerprint density at radius 3 is 2.50 bits per heavy atom. The topological polar surface area (TPSA) is 73.4 Å². The van der Waals surface area contributed by atoms with Crippen LogP contribution in [0, 0.1) is 0 Å². The van der Waals surface area contributed by atoms with Crippen LogP contribution in [0.4, 0.5) is 0 Å². The molecule has 0 aliphatic heterocycles. The Labute approximate surface area is 129 Å². The Bertz CT molecular complexity index is 649. The van der Waals surface area contributed by atoms with Gasteiger partial charge in [0, 0.05) is 25.4 Å². The molecule has 1 amide bonds. The van der Waals surface area contributed by atoms with Crippen molar-refractivity contribution >= 4 is 11.7 Å². The molecule has 2 rings (SSSR count). The van der Waals surface area contributed by atoms with Crippen molar-refractivity contribution in [1.29, 1.82) is 0 Å². The van der Waals surface area contributed by atoms with Crippen LogP contribution < -0.4 is 0 Å². The van der Waals surface area contributed by atoms with Gasteiger partial charge >= 0.3 is 0 Å². The summed E-state index contributed by atoms with van der Waals surface area (Å²) in [7, 11) is 1.70. The quantitative estimate of drug-likeness (QED) is 0.805. The first-order valence-electron chi connectivity index (χ1n) is 7.17. The number of H-pyrrole nitrogens is 1. The molecular weight excluding hydrogens is 280 g/mol. The molecule has 2 aromatic rings. The van der Waals surface area contributed by atoms with Gasteiger partial charge < -0.3 is 15.0 Å². The van der Waals surface area contributed by atoms with Crippen molar-refractivity contribution in [3.05, 3.63) is 59.4 Å². The van der Waals surface area contributed by atoms with Crippen LogP contribution in [0.2, 0.25) is 0 Å². The second-order valence-corrected chi connectivity index (χ2v) is 5.21. The number of hydrogen-bond donors (Lipinski definition) is 2. The molecule has 0 spiro atoms. The number of Topliss-reactive ketones (excluding diaryl/α,β-unsaturated/α-hetero) is 1. The largest absolute Gasteiger partial charge is 0.396 e. The Hall–Kier alpha value is -2.40. The Balaban J connectivity index is 2.24. The van der Waals surface area contributed by atoms with E-state index in [0.717, 1.165) is 5.56 Å². The zero-order chi connectivity index (χ0) is 16.1. The molecule has 0 bridgehead atoms. The van der Waals surface area contributed by atoms with Crippen molar-refractivity contribution < 1.29 is 14.7 Å². The highest BCUT2D eigenvalue weighted by Crippen LogP contribution is 2.24. The average molecular weight is 300 g/mol. The van der Waals surface area contributed by atoms with E-state index in [0.29, 0.717) is 17.7 Å². The zero-order valence-electron chi connectivity index (χ0n) is 12.7. The van der Waals surface area contributed by atoms with Gasteiger partial charge in [-0.3, -0.25) is 9.59 Å². The standard InChI is InChI=1S/C17H20N2O3/c1-12(21)14-10-15(18-11-14)17(22)19(2)16(8-9-20)13-6-4-3-5-7-13/h3-7,10-11,16,18,20H,8-9H2,1-2H3. The molecule has 0 aliphatic rings. The first kappa shape index (κ1) is 16.0. The number of aromatic nitrogens is 1. The first-order valence-corrected chi connectivity index (χ1v) is 7.17. The predicted octanol–water partition coefficient (Wildman–Crippen LogP) is 2.41. The van der Waals surface area contributed by atoms with Crippen LogP contribution in [0.5, 0.6) is 0 Å². The van der Waals surface area contributed by atoms with Gasteiger partial charge in [0.15, 0.2) is 5.78 Å². The van der Waals surface area contributed by atoms with Gasteiger partial charge in [0.05, 0.1) is 6.04 Å². The molecule has 1 atom stereocenters. The van der Waals surface area contributed by atoms with Crippen molar-refractivity contribution in [2.75, 3.05) is 13.7 Å². The maximum absolute atomic E-state index is 12.6. The van der Waals surface area contributed by atoms with Crippen molar-refractivity contribution in [2.45, 2.75) is 19.4 Å². The molecular formula is C17H20N2O3. The molecule has 5 nitrogen and oxygen atoms in total. The predicted molar refractivity (Wildman–Crippen MR) is 83.8 cm³/mol. The van der Waals surface area contributed by atoms with Crippen LogP contribution in [0.15, 0.2) is 42.6 Å². The Morgan fingerprint density at radius 1 is 1.27 bits per heavy atom. The molecule has 0 radical (unpaired) electrons. The molecule has 1 aromatic heterocycles. The average Bonchev–Trinajstić information content (AvgIpc) is 3.02. The number of carbonyl (C=O) groups is 2. The van der Waals surface area contributed by atoms with Crippen LogP contribution in [0.3, 0.4) is 0 Å². The molecule has 0 saturated heterocycles. The molecule has 5 heteroatoms. The highest BCUT2D eigenvalue weighted by atomic mass is 16.3. The maximum atomic E-state index is 12.6. The molecule has 22 heavy (non-hydrogen) atoms. The summed E-state index contributed by atoms with van der Waals surface area (Å²) in [5.41, 5.74) is 1.81.